The number of carbonyl (C=O) groups excluding carboxylic acids is 2. The summed E-state index contributed by atoms with van der Waals surface area (Å²) in [5.74, 6) is -0.471. The molecule has 4 heteroatoms. The van der Waals surface area contributed by atoms with Gasteiger partial charge in [0.15, 0.2) is 0 Å². The van der Waals surface area contributed by atoms with Crippen LogP contribution >= 0.6 is 0 Å². The van der Waals surface area contributed by atoms with Crippen molar-refractivity contribution in [2.45, 2.75) is 20.4 Å². The van der Waals surface area contributed by atoms with Gasteiger partial charge in [-0.3, -0.25) is 14.5 Å². The van der Waals surface area contributed by atoms with Gasteiger partial charge in [0.1, 0.15) is 5.75 Å². The van der Waals surface area contributed by atoms with Crippen LogP contribution in [-0.2, 0) is 16.1 Å². The molecule has 2 rings (SSSR count). The van der Waals surface area contributed by atoms with Gasteiger partial charge in [-0.15, -0.1) is 0 Å². The number of amides is 2. The number of phenols is 1. The van der Waals surface area contributed by atoms with E-state index in [-0.39, 0.29) is 24.1 Å². The van der Waals surface area contributed by atoms with Crippen molar-refractivity contribution in [3.8, 4) is 5.75 Å². The van der Waals surface area contributed by atoms with Crippen molar-refractivity contribution >= 4 is 11.8 Å². The molecule has 0 spiro atoms. The highest BCUT2D eigenvalue weighted by molar-refractivity contribution is 6.18. The lowest BCUT2D eigenvalue weighted by Gasteiger charge is -2.15. The summed E-state index contributed by atoms with van der Waals surface area (Å²) in [4.78, 5) is 24.8. The van der Waals surface area contributed by atoms with Gasteiger partial charge in [-0.05, 0) is 19.9 Å². The Kier molecular flexibility index (Phi) is 2.71. The van der Waals surface area contributed by atoms with Crippen molar-refractivity contribution in [1.82, 2.24) is 4.90 Å². The Balaban J connectivity index is 2.26. The lowest BCUT2D eigenvalue weighted by molar-refractivity contribution is -0.138. The molecule has 2 amide bonds. The van der Waals surface area contributed by atoms with E-state index in [0.717, 1.165) is 4.90 Å². The number of imide groups is 1. The van der Waals surface area contributed by atoms with Crippen LogP contribution in [0.15, 0.2) is 35.4 Å². The van der Waals surface area contributed by atoms with E-state index in [4.69, 9.17) is 0 Å². The fraction of sp³-hybridized carbons (Fsp3) is 0.231. The molecule has 0 atom stereocenters. The van der Waals surface area contributed by atoms with Crippen LogP contribution in [0.5, 0.6) is 5.75 Å². The highest BCUT2D eigenvalue weighted by Gasteiger charge is 2.33. The standard InChI is InChI=1S/C13H13NO3/c1-8-9(2)13(17)14(12(8)16)7-10-5-3-4-6-11(10)15/h3-6,15H,7H2,1-2H3. The number of para-hydroxylation sites is 1. The molecular formula is C13H13NO3. The van der Waals surface area contributed by atoms with E-state index in [1.54, 1.807) is 32.0 Å². The molecule has 88 valence electrons. The van der Waals surface area contributed by atoms with Crippen molar-refractivity contribution in [1.29, 1.82) is 0 Å². The summed E-state index contributed by atoms with van der Waals surface area (Å²) in [6, 6.07) is 6.68. The van der Waals surface area contributed by atoms with E-state index < -0.39 is 0 Å². The predicted octanol–water partition coefficient (Wildman–Crippen LogP) is 1.60. The molecule has 1 heterocycles. The molecule has 1 aromatic rings. The molecule has 1 N–H and O–H groups in total. The molecule has 1 aliphatic rings. The highest BCUT2D eigenvalue weighted by Crippen LogP contribution is 2.24. The fourth-order valence-corrected chi connectivity index (χ4v) is 1.78. The summed E-state index contributed by atoms with van der Waals surface area (Å²) >= 11 is 0. The minimum atomic E-state index is -0.282. The molecule has 0 unspecified atom stereocenters. The van der Waals surface area contributed by atoms with Crippen LogP contribution in [0, 0.1) is 0 Å². The maximum atomic E-state index is 11.8. The minimum Gasteiger partial charge on any atom is -0.508 e. The summed E-state index contributed by atoms with van der Waals surface area (Å²) < 4.78 is 0. The molecule has 0 fully saturated rings. The maximum Gasteiger partial charge on any atom is 0.257 e. The van der Waals surface area contributed by atoms with Gasteiger partial charge in [-0.2, -0.15) is 0 Å². The average molecular weight is 231 g/mol. The van der Waals surface area contributed by atoms with Gasteiger partial charge in [0.05, 0.1) is 6.54 Å². The second-order valence-corrected chi connectivity index (χ2v) is 4.08. The lowest BCUT2D eigenvalue weighted by Crippen LogP contribution is -2.30. The van der Waals surface area contributed by atoms with Crippen molar-refractivity contribution in [2.24, 2.45) is 0 Å². The molecule has 0 radical (unpaired) electrons. The normalized spacial score (nSPS) is 16.0. The van der Waals surface area contributed by atoms with Gasteiger partial charge in [-0.1, -0.05) is 18.2 Å². The number of hydrogen-bond acceptors (Lipinski definition) is 3. The topological polar surface area (TPSA) is 57.6 Å². The van der Waals surface area contributed by atoms with Crippen LogP contribution < -0.4 is 0 Å². The summed E-state index contributed by atoms with van der Waals surface area (Å²) in [6.45, 7) is 3.39. The Morgan fingerprint density at radius 1 is 1.06 bits per heavy atom. The Hall–Kier alpha value is -2.10. The highest BCUT2D eigenvalue weighted by atomic mass is 16.3. The summed E-state index contributed by atoms with van der Waals surface area (Å²) in [5.41, 5.74) is 1.52. The Labute approximate surface area is 99.2 Å². The molecule has 17 heavy (non-hydrogen) atoms. The monoisotopic (exact) mass is 231 g/mol. The first-order valence-corrected chi connectivity index (χ1v) is 5.33. The molecule has 0 aromatic heterocycles. The first-order chi connectivity index (χ1) is 8.02. The van der Waals surface area contributed by atoms with E-state index in [9.17, 15) is 14.7 Å². The van der Waals surface area contributed by atoms with Crippen LogP contribution in [0.25, 0.3) is 0 Å². The fourth-order valence-electron chi connectivity index (χ4n) is 1.78. The van der Waals surface area contributed by atoms with E-state index in [2.05, 4.69) is 0 Å². The molecular weight excluding hydrogens is 218 g/mol. The van der Waals surface area contributed by atoms with Crippen molar-refractivity contribution < 1.29 is 14.7 Å². The van der Waals surface area contributed by atoms with E-state index in [1.807, 2.05) is 0 Å². The first-order valence-electron chi connectivity index (χ1n) is 5.33. The molecule has 0 bridgehead atoms. The lowest BCUT2D eigenvalue weighted by atomic mass is 10.2. The number of aromatic hydroxyl groups is 1. The van der Waals surface area contributed by atoms with Crippen LogP contribution in [0.3, 0.4) is 0 Å². The van der Waals surface area contributed by atoms with Crippen LogP contribution in [-0.4, -0.2) is 21.8 Å². The van der Waals surface area contributed by atoms with E-state index in [0.29, 0.717) is 16.7 Å². The maximum absolute atomic E-state index is 11.8. The predicted molar refractivity (Wildman–Crippen MR) is 62.0 cm³/mol. The molecule has 1 aromatic carbocycles. The Morgan fingerprint density at radius 2 is 1.59 bits per heavy atom. The SMILES string of the molecule is CC1=C(C)C(=O)N(Cc2ccccc2O)C1=O. The second kappa shape index (κ2) is 4.05. The molecule has 0 saturated heterocycles. The molecule has 0 saturated carbocycles. The average Bonchev–Trinajstić information content (AvgIpc) is 2.50. The number of phenolic OH excluding ortho intramolecular Hbond substituents is 1. The zero-order valence-corrected chi connectivity index (χ0v) is 9.73. The van der Waals surface area contributed by atoms with Crippen LogP contribution in [0.4, 0.5) is 0 Å². The van der Waals surface area contributed by atoms with E-state index >= 15 is 0 Å². The van der Waals surface area contributed by atoms with Crippen molar-refractivity contribution in [3.63, 3.8) is 0 Å². The molecule has 0 aliphatic carbocycles. The number of nitrogens with zero attached hydrogens (tertiary/aromatic N) is 1. The van der Waals surface area contributed by atoms with Crippen LogP contribution in [0.2, 0.25) is 0 Å². The number of hydrogen-bond donors (Lipinski definition) is 1. The number of rotatable bonds is 2. The summed E-state index contributed by atoms with van der Waals surface area (Å²) in [7, 11) is 0. The minimum absolute atomic E-state index is 0.0929. The van der Waals surface area contributed by atoms with Gasteiger partial charge < -0.3 is 5.11 Å². The largest absolute Gasteiger partial charge is 0.508 e. The smallest absolute Gasteiger partial charge is 0.257 e. The van der Waals surface area contributed by atoms with Gasteiger partial charge >= 0.3 is 0 Å². The Morgan fingerprint density at radius 3 is 2.12 bits per heavy atom. The molecule has 1 aliphatic heterocycles. The van der Waals surface area contributed by atoms with Crippen molar-refractivity contribution in [2.75, 3.05) is 0 Å². The van der Waals surface area contributed by atoms with E-state index in [1.165, 1.54) is 6.07 Å². The molecule has 4 nitrogen and oxygen atoms in total. The van der Waals surface area contributed by atoms with Gasteiger partial charge in [0.25, 0.3) is 11.8 Å². The third-order valence-electron chi connectivity index (χ3n) is 3.01. The number of carbonyl (C=O) groups is 2. The zero-order chi connectivity index (χ0) is 12.6. The Bertz CT molecular complexity index is 507. The first kappa shape index (κ1) is 11.4. The summed E-state index contributed by atoms with van der Waals surface area (Å²) in [5, 5.41) is 9.61. The van der Waals surface area contributed by atoms with Crippen molar-refractivity contribution in [3.05, 3.63) is 41.0 Å². The quantitative estimate of drug-likeness (QED) is 0.786. The summed E-state index contributed by atoms with van der Waals surface area (Å²) in [6.07, 6.45) is 0. The number of benzene rings is 1. The van der Waals surface area contributed by atoms with Crippen LogP contribution in [0.1, 0.15) is 19.4 Å². The van der Waals surface area contributed by atoms with Gasteiger partial charge in [-0.25, -0.2) is 0 Å². The third kappa shape index (κ3) is 1.82. The van der Waals surface area contributed by atoms with Gasteiger partial charge in [0.2, 0.25) is 0 Å². The third-order valence-corrected chi connectivity index (χ3v) is 3.01. The second-order valence-electron chi connectivity index (χ2n) is 4.08. The zero-order valence-electron chi connectivity index (χ0n) is 9.73. The van der Waals surface area contributed by atoms with Gasteiger partial charge in [0, 0.05) is 16.7 Å².